The zero-order valence-electron chi connectivity index (χ0n) is 11.6. The van der Waals surface area contributed by atoms with Crippen LogP contribution in [0.2, 0.25) is 0 Å². The molecule has 0 fully saturated rings. The maximum Gasteiger partial charge on any atom is 0.344 e. The summed E-state index contributed by atoms with van der Waals surface area (Å²) >= 11 is 0. The molecule has 1 N–H and O–H groups in total. The summed E-state index contributed by atoms with van der Waals surface area (Å²) in [5.41, 5.74) is -0.0150. The van der Waals surface area contributed by atoms with Crippen molar-refractivity contribution in [3.63, 3.8) is 0 Å². The minimum absolute atomic E-state index is 0.0150. The number of aliphatic carboxylic acids is 1. The van der Waals surface area contributed by atoms with Crippen molar-refractivity contribution >= 4 is 11.7 Å². The molecule has 0 saturated carbocycles. The third-order valence-corrected chi connectivity index (χ3v) is 2.77. The summed E-state index contributed by atoms with van der Waals surface area (Å²) in [5, 5.41) is 19.3. The molecule has 0 saturated heterocycles. The SMILES string of the molecule is CC(Oc1ccc(Oc2ccc([N+](=O)[O-])cc2)cc1)C(=O)O. The average molecular weight is 303 g/mol. The predicted octanol–water partition coefficient (Wildman–Crippen LogP) is 3.24. The first-order valence-electron chi connectivity index (χ1n) is 6.37. The Kier molecular flexibility index (Phi) is 4.57. The molecule has 2 rings (SSSR count). The largest absolute Gasteiger partial charge is 0.479 e. The number of nitro groups is 1. The first-order valence-corrected chi connectivity index (χ1v) is 6.37. The molecule has 2 aromatic carbocycles. The second-order valence-corrected chi connectivity index (χ2v) is 4.42. The number of benzene rings is 2. The van der Waals surface area contributed by atoms with E-state index in [9.17, 15) is 14.9 Å². The highest BCUT2D eigenvalue weighted by Gasteiger charge is 2.12. The molecule has 0 bridgehead atoms. The van der Waals surface area contributed by atoms with Gasteiger partial charge in [-0.25, -0.2) is 4.79 Å². The highest BCUT2D eigenvalue weighted by atomic mass is 16.6. The van der Waals surface area contributed by atoms with E-state index in [1.807, 2.05) is 0 Å². The van der Waals surface area contributed by atoms with Crippen molar-refractivity contribution in [3.8, 4) is 17.2 Å². The van der Waals surface area contributed by atoms with Crippen LogP contribution in [0.15, 0.2) is 48.5 Å². The van der Waals surface area contributed by atoms with E-state index in [4.69, 9.17) is 14.6 Å². The summed E-state index contributed by atoms with van der Waals surface area (Å²) in [5.74, 6) is 0.319. The fourth-order valence-corrected chi connectivity index (χ4v) is 1.61. The summed E-state index contributed by atoms with van der Waals surface area (Å²) in [4.78, 5) is 20.8. The molecule has 0 aliphatic rings. The molecule has 0 amide bonds. The van der Waals surface area contributed by atoms with Gasteiger partial charge in [-0.15, -0.1) is 0 Å². The van der Waals surface area contributed by atoms with Crippen LogP contribution in [-0.4, -0.2) is 22.1 Å². The second kappa shape index (κ2) is 6.57. The Morgan fingerprint density at radius 3 is 1.95 bits per heavy atom. The molecule has 7 heteroatoms. The molecule has 0 spiro atoms. The highest BCUT2D eigenvalue weighted by Crippen LogP contribution is 2.25. The van der Waals surface area contributed by atoms with Crippen molar-refractivity contribution in [1.29, 1.82) is 0 Å². The number of hydrogen-bond acceptors (Lipinski definition) is 5. The van der Waals surface area contributed by atoms with Gasteiger partial charge in [0.05, 0.1) is 4.92 Å². The number of carboxylic acids is 1. The van der Waals surface area contributed by atoms with Gasteiger partial charge in [0, 0.05) is 12.1 Å². The minimum atomic E-state index is -1.05. The number of carbonyl (C=O) groups is 1. The summed E-state index contributed by atoms with van der Waals surface area (Å²) in [6.07, 6.45) is -0.943. The van der Waals surface area contributed by atoms with Crippen molar-refractivity contribution in [2.24, 2.45) is 0 Å². The van der Waals surface area contributed by atoms with E-state index >= 15 is 0 Å². The Balaban J connectivity index is 2.01. The van der Waals surface area contributed by atoms with Crippen LogP contribution in [0.25, 0.3) is 0 Å². The van der Waals surface area contributed by atoms with Gasteiger partial charge in [0.25, 0.3) is 5.69 Å². The summed E-state index contributed by atoms with van der Waals surface area (Å²) in [6.45, 7) is 1.43. The van der Waals surface area contributed by atoms with E-state index in [-0.39, 0.29) is 5.69 Å². The number of hydrogen-bond donors (Lipinski definition) is 1. The fourth-order valence-electron chi connectivity index (χ4n) is 1.61. The highest BCUT2D eigenvalue weighted by molar-refractivity contribution is 5.72. The van der Waals surface area contributed by atoms with Gasteiger partial charge in [0.2, 0.25) is 0 Å². The molecule has 0 aliphatic carbocycles. The van der Waals surface area contributed by atoms with Gasteiger partial charge >= 0.3 is 5.97 Å². The van der Waals surface area contributed by atoms with Gasteiger partial charge in [-0.1, -0.05) is 0 Å². The van der Waals surface area contributed by atoms with Gasteiger partial charge in [0.1, 0.15) is 17.2 Å². The van der Waals surface area contributed by atoms with E-state index in [1.165, 1.54) is 31.2 Å². The lowest BCUT2D eigenvalue weighted by atomic mass is 10.3. The van der Waals surface area contributed by atoms with Gasteiger partial charge in [-0.3, -0.25) is 10.1 Å². The molecule has 0 radical (unpaired) electrons. The maximum atomic E-state index is 10.7. The summed E-state index contributed by atoms with van der Waals surface area (Å²) in [7, 11) is 0. The van der Waals surface area contributed by atoms with E-state index in [1.54, 1.807) is 24.3 Å². The Labute approximate surface area is 125 Å². The van der Waals surface area contributed by atoms with Crippen molar-refractivity contribution in [2.45, 2.75) is 13.0 Å². The van der Waals surface area contributed by atoms with Gasteiger partial charge in [0.15, 0.2) is 6.10 Å². The number of ether oxygens (including phenoxy) is 2. The van der Waals surface area contributed by atoms with Crippen molar-refractivity contribution in [3.05, 3.63) is 58.6 Å². The number of nitro benzene ring substituents is 1. The Morgan fingerprint density at radius 2 is 1.50 bits per heavy atom. The van der Waals surface area contributed by atoms with Crippen LogP contribution in [0.5, 0.6) is 17.2 Å². The predicted molar refractivity (Wildman–Crippen MR) is 77.3 cm³/mol. The normalized spacial score (nSPS) is 11.5. The monoisotopic (exact) mass is 303 g/mol. The van der Waals surface area contributed by atoms with E-state index in [0.29, 0.717) is 17.2 Å². The molecule has 7 nitrogen and oxygen atoms in total. The molecular weight excluding hydrogens is 290 g/mol. The molecule has 114 valence electrons. The Bertz CT molecular complexity index is 665. The number of carboxylic acid groups (broad SMARTS) is 1. The lowest BCUT2D eigenvalue weighted by Gasteiger charge is -2.11. The number of non-ortho nitro benzene ring substituents is 1. The van der Waals surface area contributed by atoms with E-state index < -0.39 is 17.0 Å². The van der Waals surface area contributed by atoms with Crippen molar-refractivity contribution in [2.75, 3.05) is 0 Å². The fraction of sp³-hybridized carbons (Fsp3) is 0.133. The standard InChI is InChI=1S/C15H13NO6/c1-10(15(17)18)21-12-6-8-14(9-7-12)22-13-4-2-11(3-5-13)16(19)20/h2-10H,1H3,(H,17,18). The molecular formula is C15H13NO6. The van der Waals surface area contributed by atoms with Gasteiger partial charge in [-0.05, 0) is 43.3 Å². The molecule has 0 heterocycles. The zero-order chi connectivity index (χ0) is 16.1. The summed E-state index contributed by atoms with van der Waals surface area (Å²) in [6, 6.07) is 12.1. The molecule has 1 atom stereocenters. The first kappa shape index (κ1) is 15.3. The van der Waals surface area contributed by atoms with Crippen LogP contribution in [0.1, 0.15) is 6.92 Å². The third-order valence-electron chi connectivity index (χ3n) is 2.77. The quantitative estimate of drug-likeness (QED) is 0.649. The average Bonchev–Trinajstić information content (AvgIpc) is 2.49. The van der Waals surface area contributed by atoms with Crippen molar-refractivity contribution in [1.82, 2.24) is 0 Å². The zero-order valence-corrected chi connectivity index (χ0v) is 11.6. The first-order chi connectivity index (χ1) is 10.5. The van der Waals surface area contributed by atoms with Crippen LogP contribution < -0.4 is 9.47 Å². The van der Waals surface area contributed by atoms with Crippen LogP contribution in [0, 0.1) is 10.1 Å². The van der Waals surface area contributed by atoms with E-state index in [0.717, 1.165) is 0 Å². The summed E-state index contributed by atoms with van der Waals surface area (Å²) < 4.78 is 10.7. The van der Waals surface area contributed by atoms with Gasteiger partial charge in [-0.2, -0.15) is 0 Å². The van der Waals surface area contributed by atoms with Crippen LogP contribution >= 0.6 is 0 Å². The molecule has 1 unspecified atom stereocenters. The lowest BCUT2D eigenvalue weighted by Crippen LogP contribution is -2.22. The topological polar surface area (TPSA) is 98.9 Å². The number of nitrogens with zero attached hydrogens (tertiary/aromatic N) is 1. The van der Waals surface area contributed by atoms with Gasteiger partial charge < -0.3 is 14.6 Å². The molecule has 0 aliphatic heterocycles. The Hall–Kier alpha value is -3.09. The van der Waals surface area contributed by atoms with E-state index in [2.05, 4.69) is 0 Å². The van der Waals surface area contributed by atoms with Crippen LogP contribution in [0.4, 0.5) is 5.69 Å². The van der Waals surface area contributed by atoms with Crippen LogP contribution in [-0.2, 0) is 4.79 Å². The smallest absolute Gasteiger partial charge is 0.344 e. The molecule has 0 aromatic heterocycles. The lowest BCUT2D eigenvalue weighted by molar-refractivity contribution is -0.384. The van der Waals surface area contributed by atoms with Crippen molar-refractivity contribution < 1.29 is 24.3 Å². The third kappa shape index (κ3) is 3.95. The second-order valence-electron chi connectivity index (χ2n) is 4.42. The Morgan fingerprint density at radius 1 is 1.05 bits per heavy atom. The minimum Gasteiger partial charge on any atom is -0.479 e. The molecule has 22 heavy (non-hydrogen) atoms. The van der Waals surface area contributed by atoms with Crippen LogP contribution in [0.3, 0.4) is 0 Å². The molecule has 2 aromatic rings. The maximum absolute atomic E-state index is 10.7. The number of rotatable bonds is 6.